The summed E-state index contributed by atoms with van der Waals surface area (Å²) in [5.74, 6) is -0.865. The van der Waals surface area contributed by atoms with Gasteiger partial charge in [-0.1, -0.05) is 24.3 Å². The van der Waals surface area contributed by atoms with Crippen LogP contribution in [0.25, 0.3) is 0 Å². The number of carbonyl (C=O) groups excluding carboxylic acids is 2. The number of amides is 1. The van der Waals surface area contributed by atoms with Crippen molar-refractivity contribution in [2.45, 2.75) is 25.3 Å². The van der Waals surface area contributed by atoms with Crippen LogP contribution in [0.3, 0.4) is 0 Å². The molecule has 24 heavy (non-hydrogen) atoms. The lowest BCUT2D eigenvalue weighted by molar-refractivity contribution is -0.125. The second-order valence-electron chi connectivity index (χ2n) is 5.68. The molecule has 1 unspecified atom stereocenters. The van der Waals surface area contributed by atoms with Crippen molar-refractivity contribution in [3.63, 3.8) is 0 Å². The number of nitrogens with one attached hydrogen (secondary N) is 1. The zero-order valence-corrected chi connectivity index (χ0v) is 14.6. The minimum atomic E-state index is -0.567. The molecule has 0 saturated heterocycles. The Labute approximate surface area is 148 Å². The average molecular weight is 389 g/mol. The molecule has 1 N–H and O–H groups in total. The molecule has 0 spiro atoms. The molecule has 124 valence electrons. The van der Waals surface area contributed by atoms with Gasteiger partial charge in [-0.15, -0.1) is 0 Å². The maximum Gasteiger partial charge on any atom is 0.340 e. The quantitative estimate of drug-likeness (QED) is 0.816. The Kier molecular flexibility index (Phi) is 5.25. The Morgan fingerprint density at radius 2 is 2.12 bits per heavy atom. The minimum Gasteiger partial charge on any atom is -0.452 e. The van der Waals surface area contributed by atoms with Crippen LogP contribution in [0, 0.1) is 0 Å². The van der Waals surface area contributed by atoms with Gasteiger partial charge in [0.2, 0.25) is 0 Å². The molecule has 1 aliphatic rings. The number of hydrogen-bond acceptors (Lipinski definition) is 4. The Bertz CT molecular complexity index is 763. The predicted molar refractivity (Wildman–Crippen MR) is 92.5 cm³/mol. The molecule has 1 aromatic heterocycles. The number of benzene rings is 1. The largest absolute Gasteiger partial charge is 0.452 e. The molecule has 0 radical (unpaired) electrons. The maximum absolute atomic E-state index is 12.1. The van der Waals surface area contributed by atoms with E-state index < -0.39 is 5.97 Å². The van der Waals surface area contributed by atoms with E-state index in [0.717, 1.165) is 24.8 Å². The lowest BCUT2D eigenvalue weighted by Crippen LogP contribution is -2.34. The molecule has 1 heterocycles. The van der Waals surface area contributed by atoms with Gasteiger partial charge in [0.1, 0.15) is 0 Å². The molecule has 0 aliphatic heterocycles. The first-order chi connectivity index (χ1) is 11.6. The number of hydrogen-bond donors (Lipinski definition) is 1. The Balaban J connectivity index is 1.56. The number of nitrogens with zero attached hydrogens (tertiary/aromatic N) is 1. The van der Waals surface area contributed by atoms with Crippen LogP contribution in [0.5, 0.6) is 0 Å². The number of halogens is 1. The fraction of sp³-hybridized carbons (Fsp3) is 0.278. The number of carbonyl (C=O) groups is 2. The van der Waals surface area contributed by atoms with Crippen LogP contribution in [0.2, 0.25) is 0 Å². The summed E-state index contributed by atoms with van der Waals surface area (Å²) in [7, 11) is 0. The SMILES string of the molecule is O=C(COC(=O)c1cncc(Br)c1)NC1CCCc2ccccc21. The van der Waals surface area contributed by atoms with Gasteiger partial charge in [0.25, 0.3) is 5.91 Å². The summed E-state index contributed by atoms with van der Waals surface area (Å²) < 4.78 is 5.74. The third-order valence-corrected chi connectivity index (χ3v) is 4.41. The van der Waals surface area contributed by atoms with Crippen molar-refractivity contribution < 1.29 is 14.3 Å². The van der Waals surface area contributed by atoms with Gasteiger partial charge >= 0.3 is 5.97 Å². The average Bonchev–Trinajstić information content (AvgIpc) is 2.60. The second kappa shape index (κ2) is 7.57. The fourth-order valence-electron chi connectivity index (χ4n) is 2.88. The van der Waals surface area contributed by atoms with Crippen molar-refractivity contribution in [1.82, 2.24) is 10.3 Å². The van der Waals surface area contributed by atoms with Gasteiger partial charge in [0.05, 0.1) is 11.6 Å². The van der Waals surface area contributed by atoms with Crippen molar-refractivity contribution in [2.75, 3.05) is 6.61 Å². The summed E-state index contributed by atoms with van der Waals surface area (Å²) in [6.45, 7) is -0.302. The van der Waals surface area contributed by atoms with Crippen molar-refractivity contribution >= 4 is 27.8 Å². The van der Waals surface area contributed by atoms with Crippen molar-refractivity contribution in [2.24, 2.45) is 0 Å². The van der Waals surface area contributed by atoms with Gasteiger partial charge in [-0.3, -0.25) is 9.78 Å². The van der Waals surface area contributed by atoms with Gasteiger partial charge in [-0.05, 0) is 52.4 Å². The van der Waals surface area contributed by atoms with Crippen molar-refractivity contribution in [1.29, 1.82) is 0 Å². The topological polar surface area (TPSA) is 68.3 Å². The molecule has 5 nitrogen and oxygen atoms in total. The molecule has 1 aromatic carbocycles. The molecular weight excluding hydrogens is 372 g/mol. The van der Waals surface area contributed by atoms with Crippen LogP contribution >= 0.6 is 15.9 Å². The number of aromatic nitrogens is 1. The number of aryl methyl sites for hydroxylation is 1. The molecular formula is C18H17BrN2O3. The molecule has 1 aliphatic carbocycles. The van der Waals surface area contributed by atoms with Crippen molar-refractivity contribution in [3.8, 4) is 0 Å². The second-order valence-corrected chi connectivity index (χ2v) is 6.59. The number of fused-ring (bicyclic) bond motifs is 1. The highest BCUT2D eigenvalue weighted by atomic mass is 79.9. The normalized spacial score (nSPS) is 16.1. The standard InChI is InChI=1S/C18H17BrN2O3/c19-14-8-13(9-20-10-14)18(23)24-11-17(22)21-16-7-3-5-12-4-1-2-6-15(12)16/h1-2,4,6,8-10,16H,3,5,7,11H2,(H,21,22). The Morgan fingerprint density at radius 3 is 2.96 bits per heavy atom. The number of rotatable bonds is 4. The first-order valence-electron chi connectivity index (χ1n) is 7.78. The molecule has 6 heteroatoms. The van der Waals surface area contributed by atoms with E-state index in [-0.39, 0.29) is 18.6 Å². The van der Waals surface area contributed by atoms with E-state index in [4.69, 9.17) is 4.74 Å². The highest BCUT2D eigenvalue weighted by Gasteiger charge is 2.22. The van der Waals surface area contributed by atoms with Crippen LogP contribution in [0.15, 0.2) is 47.2 Å². The summed E-state index contributed by atoms with van der Waals surface area (Å²) in [4.78, 5) is 27.9. The lowest BCUT2D eigenvalue weighted by Gasteiger charge is -2.26. The van der Waals surface area contributed by atoms with Crippen molar-refractivity contribution in [3.05, 3.63) is 63.9 Å². The maximum atomic E-state index is 12.1. The lowest BCUT2D eigenvalue weighted by atomic mass is 9.88. The first-order valence-corrected chi connectivity index (χ1v) is 8.57. The van der Waals surface area contributed by atoms with Gasteiger partial charge in [-0.2, -0.15) is 0 Å². The molecule has 2 aromatic rings. The van der Waals surface area contributed by atoms with E-state index in [1.807, 2.05) is 18.2 Å². The molecule has 0 bridgehead atoms. The zero-order valence-electron chi connectivity index (χ0n) is 13.0. The van der Waals surface area contributed by atoms with Crippen LogP contribution in [0.4, 0.5) is 0 Å². The summed E-state index contributed by atoms with van der Waals surface area (Å²) in [5.41, 5.74) is 2.73. The predicted octanol–water partition coefficient (Wildman–Crippen LogP) is 3.19. The summed E-state index contributed by atoms with van der Waals surface area (Å²) >= 11 is 3.24. The summed E-state index contributed by atoms with van der Waals surface area (Å²) in [5, 5.41) is 2.95. The number of ether oxygens (including phenoxy) is 1. The van der Waals surface area contributed by atoms with E-state index in [1.165, 1.54) is 11.8 Å². The van der Waals surface area contributed by atoms with Crippen LogP contribution < -0.4 is 5.32 Å². The molecule has 1 amide bonds. The highest BCUT2D eigenvalue weighted by molar-refractivity contribution is 9.10. The van der Waals surface area contributed by atoms with Gasteiger partial charge in [-0.25, -0.2) is 4.79 Å². The summed E-state index contributed by atoms with van der Waals surface area (Å²) in [6, 6.07) is 9.70. The smallest absolute Gasteiger partial charge is 0.340 e. The third-order valence-electron chi connectivity index (χ3n) is 3.98. The Hall–Kier alpha value is -2.21. The van der Waals surface area contributed by atoms with E-state index in [2.05, 4.69) is 32.3 Å². The van der Waals surface area contributed by atoms with Gasteiger partial charge < -0.3 is 10.1 Å². The van der Waals surface area contributed by atoms with E-state index in [0.29, 0.717) is 10.0 Å². The first kappa shape index (κ1) is 16.6. The third kappa shape index (κ3) is 4.00. The number of pyridine rings is 1. The molecule has 3 rings (SSSR count). The highest BCUT2D eigenvalue weighted by Crippen LogP contribution is 2.29. The van der Waals surface area contributed by atoms with E-state index in [1.54, 1.807) is 12.3 Å². The zero-order chi connectivity index (χ0) is 16.9. The van der Waals surface area contributed by atoms with Gasteiger partial charge in [0.15, 0.2) is 6.61 Å². The van der Waals surface area contributed by atoms with E-state index >= 15 is 0 Å². The van der Waals surface area contributed by atoms with E-state index in [9.17, 15) is 9.59 Å². The summed E-state index contributed by atoms with van der Waals surface area (Å²) in [6.07, 6.45) is 5.94. The van der Waals surface area contributed by atoms with Gasteiger partial charge in [0, 0.05) is 16.9 Å². The molecule has 0 saturated carbocycles. The Morgan fingerprint density at radius 1 is 1.29 bits per heavy atom. The molecule has 1 atom stereocenters. The monoisotopic (exact) mass is 388 g/mol. The van der Waals surface area contributed by atoms with Crippen LogP contribution in [-0.2, 0) is 16.0 Å². The fourth-order valence-corrected chi connectivity index (χ4v) is 3.24. The minimum absolute atomic E-state index is 0.0197. The van der Waals surface area contributed by atoms with Crippen LogP contribution in [-0.4, -0.2) is 23.5 Å². The van der Waals surface area contributed by atoms with Crippen LogP contribution in [0.1, 0.15) is 40.4 Å². The molecule has 0 fully saturated rings. The number of esters is 1.